The van der Waals surface area contributed by atoms with E-state index >= 15 is 0 Å². The number of carboxylic acid groups (broad SMARTS) is 2. The number of methoxy groups -OCH3 is 1. The molecule has 7 heteroatoms. The Bertz CT molecular complexity index is 596. The summed E-state index contributed by atoms with van der Waals surface area (Å²) < 4.78 is 11.2. The van der Waals surface area contributed by atoms with E-state index in [2.05, 4.69) is 5.32 Å². The molecule has 1 aliphatic rings. The first-order valence-corrected chi connectivity index (χ1v) is 8.61. The SMILES string of the molecule is CC=Cc1ccc(OCCNC2CCCC2)c(OC)c1.O=C(O)C(=O)O. The van der Waals surface area contributed by atoms with E-state index in [-0.39, 0.29) is 0 Å². The Morgan fingerprint density at radius 2 is 1.85 bits per heavy atom. The number of aliphatic carboxylic acids is 2. The third-order valence-corrected chi connectivity index (χ3v) is 3.88. The van der Waals surface area contributed by atoms with Crippen molar-refractivity contribution in [3.8, 4) is 11.5 Å². The van der Waals surface area contributed by atoms with Gasteiger partial charge in [-0.3, -0.25) is 0 Å². The molecule has 0 aromatic heterocycles. The maximum Gasteiger partial charge on any atom is 0.414 e. The molecule has 0 saturated heterocycles. The second-order valence-corrected chi connectivity index (χ2v) is 5.80. The lowest BCUT2D eigenvalue weighted by molar-refractivity contribution is -0.159. The number of nitrogens with one attached hydrogen (secondary N) is 1. The first-order valence-electron chi connectivity index (χ1n) is 8.61. The van der Waals surface area contributed by atoms with Crippen LogP contribution in [0.15, 0.2) is 24.3 Å². The number of allylic oxidation sites excluding steroid dienone is 1. The molecule has 0 unspecified atom stereocenters. The van der Waals surface area contributed by atoms with Gasteiger partial charge in [0.2, 0.25) is 0 Å². The van der Waals surface area contributed by atoms with Gasteiger partial charge in [-0.25, -0.2) is 9.59 Å². The van der Waals surface area contributed by atoms with Crippen LogP contribution in [0.1, 0.15) is 38.2 Å². The van der Waals surface area contributed by atoms with E-state index in [0.717, 1.165) is 23.6 Å². The van der Waals surface area contributed by atoms with E-state index in [0.29, 0.717) is 12.6 Å². The van der Waals surface area contributed by atoms with E-state index in [9.17, 15) is 0 Å². The maximum absolute atomic E-state index is 9.10. The van der Waals surface area contributed by atoms with E-state index in [1.165, 1.54) is 25.7 Å². The fourth-order valence-electron chi connectivity index (χ4n) is 2.65. The normalized spacial score (nSPS) is 13.9. The minimum Gasteiger partial charge on any atom is -0.493 e. The summed E-state index contributed by atoms with van der Waals surface area (Å²) in [6, 6.07) is 6.71. The van der Waals surface area contributed by atoms with Gasteiger partial charge in [0.05, 0.1) is 7.11 Å². The molecule has 1 fully saturated rings. The number of rotatable bonds is 7. The van der Waals surface area contributed by atoms with Crippen LogP contribution in [0.4, 0.5) is 0 Å². The van der Waals surface area contributed by atoms with E-state index < -0.39 is 11.9 Å². The van der Waals surface area contributed by atoms with Crippen LogP contribution < -0.4 is 14.8 Å². The number of ether oxygens (including phenoxy) is 2. The zero-order valence-electron chi connectivity index (χ0n) is 15.2. The van der Waals surface area contributed by atoms with Crippen LogP contribution in [0.25, 0.3) is 6.08 Å². The zero-order valence-corrected chi connectivity index (χ0v) is 15.2. The molecule has 0 heterocycles. The summed E-state index contributed by atoms with van der Waals surface area (Å²) in [5.41, 5.74) is 1.13. The number of benzene rings is 1. The van der Waals surface area contributed by atoms with Crippen LogP contribution in [0, 0.1) is 0 Å². The molecule has 2 rings (SSSR count). The topological polar surface area (TPSA) is 105 Å². The van der Waals surface area contributed by atoms with Crippen molar-refractivity contribution in [2.75, 3.05) is 20.3 Å². The van der Waals surface area contributed by atoms with Crippen molar-refractivity contribution >= 4 is 18.0 Å². The molecule has 0 spiro atoms. The fourth-order valence-corrected chi connectivity index (χ4v) is 2.65. The van der Waals surface area contributed by atoms with Gasteiger partial charge < -0.3 is 25.0 Å². The third kappa shape index (κ3) is 8.02. The highest BCUT2D eigenvalue weighted by atomic mass is 16.5. The van der Waals surface area contributed by atoms with Gasteiger partial charge in [-0.2, -0.15) is 0 Å². The highest BCUT2D eigenvalue weighted by Crippen LogP contribution is 2.28. The number of hydrogen-bond donors (Lipinski definition) is 3. The summed E-state index contributed by atoms with van der Waals surface area (Å²) in [6.45, 7) is 3.58. The minimum absolute atomic E-state index is 0.676. The molecular formula is C19H27NO6. The average Bonchev–Trinajstić information content (AvgIpc) is 3.13. The predicted octanol–water partition coefficient (Wildman–Crippen LogP) is 2.79. The minimum atomic E-state index is -1.82. The smallest absolute Gasteiger partial charge is 0.414 e. The molecule has 144 valence electrons. The Morgan fingerprint density at radius 3 is 2.38 bits per heavy atom. The molecule has 26 heavy (non-hydrogen) atoms. The second kappa shape index (κ2) is 11.9. The maximum atomic E-state index is 9.10. The Kier molecular flexibility index (Phi) is 9.86. The summed E-state index contributed by atoms with van der Waals surface area (Å²) in [6.07, 6.45) is 9.40. The van der Waals surface area contributed by atoms with Crippen molar-refractivity contribution in [2.24, 2.45) is 0 Å². The molecule has 0 bridgehead atoms. The summed E-state index contributed by atoms with van der Waals surface area (Å²) in [5, 5.41) is 18.3. The third-order valence-electron chi connectivity index (χ3n) is 3.88. The quantitative estimate of drug-likeness (QED) is 0.504. The van der Waals surface area contributed by atoms with Gasteiger partial charge in [-0.1, -0.05) is 31.1 Å². The lowest BCUT2D eigenvalue weighted by atomic mass is 10.2. The number of carboxylic acids is 2. The van der Waals surface area contributed by atoms with E-state index in [1.54, 1.807) is 7.11 Å². The van der Waals surface area contributed by atoms with E-state index in [1.807, 2.05) is 37.3 Å². The highest BCUT2D eigenvalue weighted by Gasteiger charge is 2.13. The number of hydrogen-bond acceptors (Lipinski definition) is 5. The Balaban J connectivity index is 0.000000487. The summed E-state index contributed by atoms with van der Waals surface area (Å²) in [7, 11) is 1.68. The van der Waals surface area contributed by atoms with Crippen molar-refractivity contribution in [3.05, 3.63) is 29.8 Å². The monoisotopic (exact) mass is 365 g/mol. The van der Waals surface area contributed by atoms with E-state index in [4.69, 9.17) is 29.3 Å². The van der Waals surface area contributed by atoms with Crippen molar-refractivity contribution in [2.45, 2.75) is 38.6 Å². The molecule has 0 atom stereocenters. The van der Waals surface area contributed by atoms with Gasteiger partial charge in [0.25, 0.3) is 0 Å². The van der Waals surface area contributed by atoms with Crippen molar-refractivity contribution in [1.29, 1.82) is 0 Å². The fraction of sp³-hybridized carbons (Fsp3) is 0.474. The van der Waals surface area contributed by atoms with Gasteiger partial charge in [-0.15, -0.1) is 0 Å². The van der Waals surface area contributed by atoms with Crippen LogP contribution in [0.2, 0.25) is 0 Å². The second-order valence-electron chi connectivity index (χ2n) is 5.80. The average molecular weight is 365 g/mol. The highest BCUT2D eigenvalue weighted by molar-refractivity contribution is 6.27. The van der Waals surface area contributed by atoms with Crippen LogP contribution in [0.5, 0.6) is 11.5 Å². The number of carbonyl (C=O) groups is 2. The van der Waals surface area contributed by atoms with Crippen molar-refractivity contribution in [1.82, 2.24) is 5.32 Å². The molecule has 0 aliphatic heterocycles. The molecular weight excluding hydrogens is 338 g/mol. The van der Waals surface area contributed by atoms with Crippen LogP contribution >= 0.6 is 0 Å². The van der Waals surface area contributed by atoms with Gasteiger partial charge in [-0.05, 0) is 37.5 Å². The van der Waals surface area contributed by atoms with Gasteiger partial charge >= 0.3 is 11.9 Å². The Morgan fingerprint density at radius 1 is 1.19 bits per heavy atom. The molecule has 7 nitrogen and oxygen atoms in total. The summed E-state index contributed by atoms with van der Waals surface area (Å²) in [5.74, 6) is -2.04. The molecule has 0 amide bonds. The molecule has 1 aliphatic carbocycles. The Labute approximate surface area is 153 Å². The van der Waals surface area contributed by atoms with Gasteiger partial charge in [0, 0.05) is 12.6 Å². The molecule has 0 radical (unpaired) electrons. The van der Waals surface area contributed by atoms with Crippen molar-refractivity contribution in [3.63, 3.8) is 0 Å². The van der Waals surface area contributed by atoms with Crippen LogP contribution in [-0.4, -0.2) is 48.5 Å². The molecule has 3 N–H and O–H groups in total. The van der Waals surface area contributed by atoms with Gasteiger partial charge in [0.15, 0.2) is 11.5 Å². The predicted molar refractivity (Wildman–Crippen MR) is 98.7 cm³/mol. The molecule has 1 aromatic rings. The lowest BCUT2D eigenvalue weighted by Gasteiger charge is -2.14. The zero-order chi connectivity index (χ0) is 19.4. The van der Waals surface area contributed by atoms with Crippen molar-refractivity contribution < 1.29 is 29.3 Å². The molecule has 1 saturated carbocycles. The summed E-state index contributed by atoms with van der Waals surface area (Å²) >= 11 is 0. The Hall–Kier alpha value is -2.54. The standard InChI is InChI=1S/C17H25NO2.C2H2O4/c1-3-6-14-9-10-16(17(13-14)19-2)20-12-11-18-15-7-4-5-8-15;3-1(4)2(5)6/h3,6,9-10,13,15,18H,4-5,7-8,11-12H2,1-2H3;(H,3,4)(H,5,6). The lowest BCUT2D eigenvalue weighted by Crippen LogP contribution is -2.30. The van der Waals surface area contributed by atoms with Crippen LogP contribution in [0.3, 0.4) is 0 Å². The molecule has 1 aromatic carbocycles. The van der Waals surface area contributed by atoms with Gasteiger partial charge in [0.1, 0.15) is 6.61 Å². The largest absolute Gasteiger partial charge is 0.493 e. The van der Waals surface area contributed by atoms with Crippen LogP contribution in [-0.2, 0) is 9.59 Å². The summed E-state index contributed by atoms with van der Waals surface area (Å²) in [4.78, 5) is 18.2. The first kappa shape index (κ1) is 21.5. The first-order chi connectivity index (χ1) is 12.5.